The first-order valence-electron chi connectivity index (χ1n) is 9.83. The second kappa shape index (κ2) is 8.45. The van der Waals surface area contributed by atoms with Crippen LogP contribution < -0.4 is 20.7 Å². The van der Waals surface area contributed by atoms with Crippen LogP contribution in [0.25, 0.3) is 10.9 Å². The van der Waals surface area contributed by atoms with Gasteiger partial charge in [-0.1, -0.05) is 23.7 Å². The van der Waals surface area contributed by atoms with Gasteiger partial charge in [0.2, 0.25) is 11.9 Å². The van der Waals surface area contributed by atoms with E-state index in [-0.39, 0.29) is 17.9 Å². The average Bonchev–Trinajstić information content (AvgIpc) is 2.72. The third kappa shape index (κ3) is 4.32. The van der Waals surface area contributed by atoms with Crippen LogP contribution in [0.1, 0.15) is 18.2 Å². The van der Waals surface area contributed by atoms with E-state index in [0.29, 0.717) is 17.4 Å². The third-order valence-electron chi connectivity index (χ3n) is 5.39. The highest BCUT2D eigenvalue weighted by Gasteiger charge is 2.33. The number of benzene rings is 2. The number of hydrogen-bond donors (Lipinski definition) is 3. The maximum Gasteiger partial charge on any atom is 0.227 e. The first-order chi connectivity index (χ1) is 14.4. The van der Waals surface area contributed by atoms with E-state index in [1.54, 1.807) is 7.11 Å². The summed E-state index contributed by atoms with van der Waals surface area (Å²) in [5.41, 5.74) is 2.71. The Bertz CT molecular complexity index is 1070. The van der Waals surface area contributed by atoms with E-state index < -0.39 is 6.29 Å². The van der Waals surface area contributed by atoms with Crippen molar-refractivity contribution in [3.63, 3.8) is 0 Å². The lowest BCUT2D eigenvalue weighted by Crippen LogP contribution is -2.63. The lowest BCUT2D eigenvalue weighted by atomic mass is 9.91. The van der Waals surface area contributed by atoms with Crippen molar-refractivity contribution in [2.75, 3.05) is 12.4 Å². The zero-order valence-electron chi connectivity index (χ0n) is 17.1. The maximum absolute atomic E-state index is 12.8. The molecule has 1 aliphatic rings. The van der Waals surface area contributed by atoms with Gasteiger partial charge in [0.1, 0.15) is 5.75 Å². The van der Waals surface area contributed by atoms with Gasteiger partial charge >= 0.3 is 0 Å². The number of ether oxygens (including phenoxy) is 1. The Balaban J connectivity index is 1.46. The standard InChI is InChI=1S/C22H24ClN5O2/c1-12-17-11-16(30-3)8-9-19(17)26-21(24-12)28-22-25-13(2)18(20(29)27-22)10-14-4-6-15(23)7-5-14/h4-9,11,13,18,22,25H,10H2,1-3H3,(H,27,29)(H,24,26,28). The highest BCUT2D eigenvalue weighted by Crippen LogP contribution is 2.23. The van der Waals surface area contributed by atoms with Crippen molar-refractivity contribution < 1.29 is 9.53 Å². The number of aromatic nitrogens is 2. The number of amides is 1. The lowest BCUT2D eigenvalue weighted by molar-refractivity contribution is -0.128. The van der Waals surface area contributed by atoms with E-state index >= 15 is 0 Å². The second-order valence-corrected chi connectivity index (χ2v) is 7.93. The van der Waals surface area contributed by atoms with Crippen LogP contribution in [0, 0.1) is 12.8 Å². The summed E-state index contributed by atoms with van der Waals surface area (Å²) in [5.74, 6) is 1.01. The molecular weight excluding hydrogens is 402 g/mol. The van der Waals surface area contributed by atoms with Crippen LogP contribution in [-0.4, -0.2) is 35.3 Å². The maximum atomic E-state index is 12.8. The fourth-order valence-electron chi connectivity index (χ4n) is 3.70. The molecule has 1 saturated heterocycles. The smallest absolute Gasteiger partial charge is 0.227 e. The van der Waals surface area contributed by atoms with Crippen molar-refractivity contribution in [3.05, 3.63) is 58.7 Å². The number of fused-ring (bicyclic) bond motifs is 1. The van der Waals surface area contributed by atoms with Crippen LogP contribution >= 0.6 is 11.6 Å². The number of carbonyl (C=O) groups excluding carboxylic acids is 1. The fourth-order valence-corrected chi connectivity index (χ4v) is 3.83. The number of halogens is 1. The fraction of sp³-hybridized carbons (Fsp3) is 0.318. The Morgan fingerprint density at radius 3 is 2.63 bits per heavy atom. The van der Waals surface area contributed by atoms with Crippen LogP contribution in [0.4, 0.5) is 5.95 Å². The number of hydrogen-bond acceptors (Lipinski definition) is 6. The molecule has 0 bridgehead atoms. The quantitative estimate of drug-likeness (QED) is 0.581. The Labute approximate surface area is 180 Å². The summed E-state index contributed by atoms with van der Waals surface area (Å²) >= 11 is 5.95. The van der Waals surface area contributed by atoms with Crippen LogP contribution in [0.3, 0.4) is 0 Å². The second-order valence-electron chi connectivity index (χ2n) is 7.49. The largest absolute Gasteiger partial charge is 0.497 e. The number of rotatable bonds is 5. The first-order valence-corrected chi connectivity index (χ1v) is 10.2. The zero-order chi connectivity index (χ0) is 21.3. The molecule has 0 saturated carbocycles. The van der Waals surface area contributed by atoms with Gasteiger partial charge in [-0.2, -0.15) is 0 Å². The van der Waals surface area contributed by atoms with Gasteiger partial charge < -0.3 is 15.4 Å². The normalized spacial score (nSPS) is 21.3. The number of aryl methyl sites for hydroxylation is 1. The van der Waals surface area contributed by atoms with Gasteiger partial charge in [0.05, 0.1) is 24.2 Å². The van der Waals surface area contributed by atoms with E-state index in [0.717, 1.165) is 27.9 Å². The lowest BCUT2D eigenvalue weighted by Gasteiger charge is -2.36. The average molecular weight is 426 g/mol. The molecule has 4 rings (SSSR count). The first kappa shape index (κ1) is 20.4. The van der Waals surface area contributed by atoms with Crippen molar-refractivity contribution in [2.45, 2.75) is 32.6 Å². The van der Waals surface area contributed by atoms with E-state index in [4.69, 9.17) is 16.3 Å². The van der Waals surface area contributed by atoms with Gasteiger partial charge in [-0.05, 0) is 56.2 Å². The van der Waals surface area contributed by atoms with E-state index in [9.17, 15) is 4.79 Å². The Morgan fingerprint density at radius 1 is 1.17 bits per heavy atom. The molecule has 7 nitrogen and oxygen atoms in total. The number of methoxy groups -OCH3 is 1. The third-order valence-corrected chi connectivity index (χ3v) is 5.64. The highest BCUT2D eigenvalue weighted by molar-refractivity contribution is 6.30. The Kier molecular flexibility index (Phi) is 5.74. The Morgan fingerprint density at radius 2 is 1.93 bits per heavy atom. The van der Waals surface area contributed by atoms with E-state index in [1.165, 1.54) is 0 Å². The van der Waals surface area contributed by atoms with Crippen molar-refractivity contribution >= 4 is 34.4 Å². The molecule has 0 radical (unpaired) electrons. The summed E-state index contributed by atoms with van der Waals surface area (Å²) in [4.78, 5) is 21.9. The Hall–Kier alpha value is -2.90. The minimum Gasteiger partial charge on any atom is -0.497 e. The topological polar surface area (TPSA) is 88.2 Å². The molecule has 1 amide bonds. The molecule has 3 atom stereocenters. The van der Waals surface area contributed by atoms with E-state index in [2.05, 4.69) is 25.9 Å². The molecule has 1 aliphatic heterocycles. The van der Waals surface area contributed by atoms with Gasteiger partial charge in [-0.15, -0.1) is 0 Å². The summed E-state index contributed by atoms with van der Waals surface area (Å²) in [6.45, 7) is 3.93. The van der Waals surface area contributed by atoms with Crippen molar-refractivity contribution in [2.24, 2.45) is 5.92 Å². The van der Waals surface area contributed by atoms with Crippen molar-refractivity contribution in [1.29, 1.82) is 0 Å². The van der Waals surface area contributed by atoms with Crippen LogP contribution in [0.2, 0.25) is 5.02 Å². The summed E-state index contributed by atoms with van der Waals surface area (Å²) in [5, 5.41) is 11.2. The van der Waals surface area contributed by atoms with Gasteiger partial charge in [0.15, 0.2) is 6.29 Å². The van der Waals surface area contributed by atoms with Gasteiger partial charge in [0.25, 0.3) is 0 Å². The molecule has 0 aliphatic carbocycles. The minimum atomic E-state index is -0.455. The SMILES string of the molecule is COc1ccc2nc(NC3NC(=O)C(Cc4ccc(Cl)cc4)C(C)N3)nc(C)c2c1. The highest BCUT2D eigenvalue weighted by atomic mass is 35.5. The summed E-state index contributed by atoms with van der Waals surface area (Å²) < 4.78 is 5.28. The minimum absolute atomic E-state index is 0.0176. The molecule has 30 heavy (non-hydrogen) atoms. The summed E-state index contributed by atoms with van der Waals surface area (Å²) in [6.07, 6.45) is 0.182. The molecular formula is C22H24ClN5O2. The summed E-state index contributed by atoms with van der Waals surface area (Å²) in [6, 6.07) is 13.2. The number of anilines is 1. The number of nitrogens with zero attached hydrogens (tertiary/aromatic N) is 2. The van der Waals surface area contributed by atoms with Crippen LogP contribution in [-0.2, 0) is 11.2 Å². The zero-order valence-corrected chi connectivity index (χ0v) is 17.8. The van der Waals surface area contributed by atoms with Crippen LogP contribution in [0.15, 0.2) is 42.5 Å². The van der Waals surface area contributed by atoms with Crippen molar-refractivity contribution in [1.82, 2.24) is 20.6 Å². The van der Waals surface area contributed by atoms with Crippen LogP contribution in [0.5, 0.6) is 5.75 Å². The molecule has 3 aromatic rings. The van der Waals surface area contributed by atoms with Crippen molar-refractivity contribution in [3.8, 4) is 5.75 Å². The molecule has 2 aromatic carbocycles. The van der Waals surface area contributed by atoms with Gasteiger partial charge in [0, 0.05) is 16.5 Å². The molecule has 3 N–H and O–H groups in total. The molecule has 2 heterocycles. The van der Waals surface area contributed by atoms with Gasteiger partial charge in [-0.25, -0.2) is 9.97 Å². The summed E-state index contributed by atoms with van der Waals surface area (Å²) in [7, 11) is 1.63. The predicted molar refractivity (Wildman–Crippen MR) is 118 cm³/mol. The predicted octanol–water partition coefficient (Wildman–Crippen LogP) is 3.26. The molecule has 156 valence electrons. The monoisotopic (exact) mass is 425 g/mol. The molecule has 1 fully saturated rings. The number of nitrogens with one attached hydrogen (secondary N) is 3. The van der Waals surface area contributed by atoms with Gasteiger partial charge in [-0.3, -0.25) is 10.1 Å². The molecule has 1 aromatic heterocycles. The molecule has 0 spiro atoms. The molecule has 3 unspecified atom stereocenters. The van der Waals surface area contributed by atoms with E-state index in [1.807, 2.05) is 56.3 Å². The number of carbonyl (C=O) groups is 1. The molecule has 8 heteroatoms.